The van der Waals surface area contributed by atoms with Crippen molar-refractivity contribution < 1.29 is 28.9 Å². The van der Waals surface area contributed by atoms with Crippen LogP contribution >= 0.6 is 141 Å². The fourth-order valence-electron chi connectivity index (χ4n) is 2.04. The lowest BCUT2D eigenvalue weighted by atomic mass is 10.9. The third kappa shape index (κ3) is 36.8. The number of hydrogen-bond donors (Lipinski definition) is 2. The van der Waals surface area contributed by atoms with Gasteiger partial charge in [-0.2, -0.15) is 11.8 Å². The quantitative estimate of drug-likeness (QED) is 0.0472. The normalized spacial score (nSPS) is 13.0. The van der Waals surface area contributed by atoms with E-state index in [1.54, 1.807) is 82.3 Å². The zero-order valence-corrected chi connectivity index (χ0v) is 34.1. The summed E-state index contributed by atoms with van der Waals surface area (Å²) in [4.78, 5) is 23.8. The summed E-state index contributed by atoms with van der Waals surface area (Å²) in [6.07, 6.45) is 0. The van der Waals surface area contributed by atoms with Crippen molar-refractivity contribution in [1.29, 1.82) is 0 Å². The van der Waals surface area contributed by atoms with Gasteiger partial charge >= 0.3 is 0 Å². The Kier molecular flexibility index (Phi) is 40.6. The average molecular weight is 837 g/mol. The highest BCUT2D eigenvalue weighted by molar-refractivity contribution is 8.28. The standard InChI is InChI=1S/C21H40O6S14/c22-11-34-16-36-18-39-21(25)10-33-14-30-4-7-40(26)6-3-29-13-28-1-2-38-20(24)9-32-15-31-5-8-41(27)19-37-17-35-12-23/h22-23H,1-19H2. The van der Waals surface area contributed by atoms with Crippen molar-refractivity contribution in [2.75, 3.05) is 105 Å². The molecule has 0 amide bonds. The number of thioether (sulfide) groups is 12. The molecule has 0 rings (SSSR count). The molecule has 0 bridgehead atoms. The Morgan fingerprint density at radius 1 is 0.488 bits per heavy atom. The summed E-state index contributed by atoms with van der Waals surface area (Å²) in [6.45, 7) is 0. The molecule has 0 aromatic heterocycles. The second-order valence-corrected chi connectivity index (χ2v) is 25.2. The molecular formula is C21H40O6S14. The van der Waals surface area contributed by atoms with E-state index in [4.69, 9.17) is 10.2 Å². The van der Waals surface area contributed by atoms with Gasteiger partial charge in [0.25, 0.3) is 0 Å². The lowest BCUT2D eigenvalue weighted by Crippen LogP contribution is -2.14. The summed E-state index contributed by atoms with van der Waals surface area (Å²) >= 11 is 17.5. The SMILES string of the molecule is O=C(CSCSCC[S+]([O-])CSCSCO)SCCSCSCC[S+]([O-])CCSCSCC(=O)SCSCSCO. The van der Waals surface area contributed by atoms with Crippen molar-refractivity contribution in [1.82, 2.24) is 0 Å². The average Bonchev–Trinajstić information content (AvgIpc) is 2.96. The van der Waals surface area contributed by atoms with E-state index in [0.29, 0.717) is 33.8 Å². The van der Waals surface area contributed by atoms with Crippen molar-refractivity contribution >= 4 is 174 Å². The first kappa shape index (κ1) is 45.1. The first-order valence-electron chi connectivity index (χ1n) is 12.0. The van der Waals surface area contributed by atoms with Crippen LogP contribution in [0, 0.1) is 0 Å². The van der Waals surface area contributed by atoms with Gasteiger partial charge in [0, 0.05) is 59.3 Å². The number of hydrogen-bond acceptors (Lipinski definition) is 18. The van der Waals surface area contributed by atoms with Crippen LogP contribution < -0.4 is 0 Å². The third-order valence-electron chi connectivity index (χ3n) is 3.83. The van der Waals surface area contributed by atoms with Crippen LogP contribution in [-0.4, -0.2) is 135 Å². The zero-order chi connectivity index (χ0) is 30.2. The Morgan fingerprint density at radius 3 is 1.54 bits per heavy atom. The van der Waals surface area contributed by atoms with Gasteiger partial charge in [-0.1, -0.05) is 46.5 Å². The van der Waals surface area contributed by atoms with Crippen LogP contribution in [0.25, 0.3) is 0 Å². The fourth-order valence-corrected chi connectivity index (χ4v) is 17.8. The predicted octanol–water partition coefficient (Wildman–Crippen LogP) is 5.94. The maximum atomic E-state index is 12.1. The summed E-state index contributed by atoms with van der Waals surface area (Å²) < 4.78 is 24.0. The zero-order valence-electron chi connectivity index (χ0n) is 22.7. The molecule has 0 spiro atoms. The number of carbonyl (C=O) groups excluding carboxylic acids is 2. The minimum atomic E-state index is -0.823. The van der Waals surface area contributed by atoms with Gasteiger partial charge in [0.05, 0.1) is 23.4 Å². The second-order valence-electron chi connectivity index (χ2n) is 6.96. The van der Waals surface area contributed by atoms with Gasteiger partial charge in [-0.15, -0.1) is 94.1 Å². The van der Waals surface area contributed by atoms with E-state index in [9.17, 15) is 18.7 Å². The van der Waals surface area contributed by atoms with Crippen LogP contribution in [0.3, 0.4) is 0 Å². The van der Waals surface area contributed by atoms with E-state index in [2.05, 4.69) is 0 Å². The van der Waals surface area contributed by atoms with Crippen LogP contribution in [0.2, 0.25) is 0 Å². The summed E-state index contributed by atoms with van der Waals surface area (Å²) in [5.41, 5.74) is 0. The first-order valence-corrected chi connectivity index (χ1v) is 28.5. The van der Waals surface area contributed by atoms with Crippen molar-refractivity contribution in [2.45, 2.75) is 0 Å². The van der Waals surface area contributed by atoms with Crippen molar-refractivity contribution in [3.8, 4) is 0 Å². The number of aliphatic hydroxyl groups is 2. The van der Waals surface area contributed by atoms with Gasteiger partial charge in [0.2, 0.25) is 0 Å². The Morgan fingerprint density at radius 2 is 0.951 bits per heavy atom. The van der Waals surface area contributed by atoms with Gasteiger partial charge in [-0.3, -0.25) is 9.59 Å². The maximum Gasteiger partial charge on any atom is 0.199 e. The van der Waals surface area contributed by atoms with Gasteiger partial charge < -0.3 is 19.3 Å². The van der Waals surface area contributed by atoms with Crippen molar-refractivity contribution in [2.24, 2.45) is 0 Å². The molecule has 0 saturated heterocycles. The van der Waals surface area contributed by atoms with E-state index in [1.807, 2.05) is 11.8 Å². The van der Waals surface area contributed by atoms with Gasteiger partial charge in [0.15, 0.2) is 15.3 Å². The molecule has 0 aliphatic heterocycles. The lowest BCUT2D eigenvalue weighted by molar-refractivity contribution is -0.109. The van der Waals surface area contributed by atoms with Gasteiger partial charge in [-0.25, -0.2) is 0 Å². The molecular weight excluding hydrogens is 797 g/mol. The van der Waals surface area contributed by atoms with Crippen LogP contribution in [0.4, 0.5) is 0 Å². The van der Waals surface area contributed by atoms with Crippen LogP contribution in [0.5, 0.6) is 0 Å². The Labute approximate surface area is 304 Å². The molecule has 2 unspecified atom stereocenters. The van der Waals surface area contributed by atoms with E-state index >= 15 is 0 Å². The summed E-state index contributed by atoms with van der Waals surface area (Å²) in [5, 5.41) is 23.3. The molecule has 0 saturated carbocycles. The molecule has 0 aromatic carbocycles. The minimum absolute atomic E-state index is 0.105. The number of carbonyl (C=O) groups is 2. The van der Waals surface area contributed by atoms with Crippen molar-refractivity contribution in [3.63, 3.8) is 0 Å². The maximum absolute atomic E-state index is 12.1. The molecule has 244 valence electrons. The monoisotopic (exact) mass is 836 g/mol. The van der Waals surface area contributed by atoms with Gasteiger partial charge in [0.1, 0.15) is 17.3 Å². The Hall–Kier alpha value is 4.08. The third-order valence-corrected chi connectivity index (χ3v) is 21.3. The highest BCUT2D eigenvalue weighted by atomic mass is 32.3. The number of rotatable bonds is 32. The first-order chi connectivity index (χ1) is 20.0. The highest BCUT2D eigenvalue weighted by Crippen LogP contribution is 2.22. The summed E-state index contributed by atoms with van der Waals surface area (Å²) in [7, 11) is 0. The molecule has 0 aromatic rings. The Balaban J connectivity index is 3.37. The second kappa shape index (κ2) is 36.9. The van der Waals surface area contributed by atoms with E-state index in [0.717, 1.165) is 59.3 Å². The van der Waals surface area contributed by atoms with Crippen molar-refractivity contribution in [3.05, 3.63) is 0 Å². The van der Waals surface area contributed by atoms with Gasteiger partial charge in [-0.05, 0) is 11.2 Å². The molecule has 2 atom stereocenters. The fraction of sp³-hybridized carbons (Fsp3) is 0.905. The highest BCUT2D eigenvalue weighted by Gasteiger charge is 2.09. The molecule has 0 aliphatic rings. The number of aliphatic hydroxyl groups excluding tert-OH is 2. The molecule has 0 radical (unpaired) electrons. The van der Waals surface area contributed by atoms with E-state index in [1.165, 1.54) is 47.0 Å². The van der Waals surface area contributed by atoms with Crippen LogP contribution in [-0.2, 0) is 31.9 Å². The molecule has 0 heterocycles. The summed E-state index contributed by atoms with van der Waals surface area (Å²) in [5.74, 6) is 7.64. The Bertz CT molecular complexity index is 601. The molecule has 0 aliphatic carbocycles. The molecule has 0 fully saturated rings. The predicted molar refractivity (Wildman–Crippen MR) is 214 cm³/mol. The summed E-state index contributed by atoms with van der Waals surface area (Å²) in [6, 6.07) is 0. The van der Waals surface area contributed by atoms with E-state index < -0.39 is 22.4 Å². The minimum Gasteiger partial charge on any atom is -0.616 e. The lowest BCUT2D eigenvalue weighted by Gasteiger charge is -2.10. The smallest absolute Gasteiger partial charge is 0.199 e. The molecule has 20 heteroatoms. The molecule has 41 heavy (non-hydrogen) atoms. The largest absolute Gasteiger partial charge is 0.616 e. The molecule has 2 N–H and O–H groups in total. The van der Waals surface area contributed by atoms with Crippen LogP contribution in [0.1, 0.15) is 0 Å². The van der Waals surface area contributed by atoms with Crippen LogP contribution in [0.15, 0.2) is 0 Å². The van der Waals surface area contributed by atoms with E-state index in [-0.39, 0.29) is 22.1 Å². The molecule has 6 nitrogen and oxygen atoms in total. The topological polar surface area (TPSA) is 121 Å².